The summed E-state index contributed by atoms with van der Waals surface area (Å²) in [5.74, 6) is -1.71. The van der Waals surface area contributed by atoms with E-state index in [1.165, 1.54) is 0 Å². The third-order valence-electron chi connectivity index (χ3n) is 1.96. The molecule has 5 nitrogen and oxygen atoms in total. The Kier molecular flexibility index (Phi) is 4.43. The Bertz CT molecular complexity index is 600. The molecule has 19 heavy (non-hydrogen) atoms. The van der Waals surface area contributed by atoms with Crippen molar-refractivity contribution in [1.82, 2.24) is 4.72 Å². The van der Waals surface area contributed by atoms with E-state index in [-0.39, 0.29) is 0 Å². The predicted molar refractivity (Wildman–Crippen MR) is 56.6 cm³/mol. The molecule has 0 unspecified atom stereocenters. The summed E-state index contributed by atoms with van der Waals surface area (Å²) in [5.41, 5.74) is -1.33. The zero-order chi connectivity index (χ0) is 14.8. The molecule has 0 radical (unpaired) electrons. The average Bonchev–Trinajstić information content (AvgIpc) is 2.25. The number of aliphatic carboxylic acids is 1. The Morgan fingerprint density at radius 3 is 2.42 bits per heavy atom. The SMILES string of the molecule is O=C([O-])CNS(=O)(=O)c1ccc(Cl)c(C(F)(F)F)c1. The second kappa shape index (κ2) is 5.35. The van der Waals surface area contributed by atoms with Crippen LogP contribution in [0, 0.1) is 0 Å². The third kappa shape index (κ3) is 4.08. The van der Waals surface area contributed by atoms with Crippen molar-refractivity contribution in [3.63, 3.8) is 0 Å². The first-order chi connectivity index (χ1) is 8.54. The summed E-state index contributed by atoms with van der Waals surface area (Å²) in [6.45, 7) is -1.05. The summed E-state index contributed by atoms with van der Waals surface area (Å²) in [7, 11) is -4.38. The van der Waals surface area contributed by atoms with Gasteiger partial charge in [0, 0.05) is 0 Å². The van der Waals surface area contributed by atoms with Gasteiger partial charge in [0.1, 0.15) is 0 Å². The van der Waals surface area contributed by atoms with Crippen LogP contribution in [0.3, 0.4) is 0 Å². The predicted octanol–water partition coefficient (Wildman–Crippen LogP) is 0.387. The molecule has 1 rings (SSSR count). The summed E-state index contributed by atoms with van der Waals surface area (Å²) >= 11 is 5.32. The Balaban J connectivity index is 3.19. The molecule has 106 valence electrons. The van der Waals surface area contributed by atoms with E-state index in [1.807, 2.05) is 0 Å². The molecule has 1 N–H and O–H groups in total. The van der Waals surface area contributed by atoms with Crippen molar-refractivity contribution in [2.24, 2.45) is 0 Å². The molecule has 0 aromatic heterocycles. The number of benzene rings is 1. The number of halogens is 4. The molecule has 0 aliphatic heterocycles. The van der Waals surface area contributed by atoms with Crippen molar-refractivity contribution in [3.05, 3.63) is 28.8 Å². The highest BCUT2D eigenvalue weighted by atomic mass is 35.5. The fourth-order valence-electron chi connectivity index (χ4n) is 1.13. The Morgan fingerprint density at radius 2 is 1.95 bits per heavy atom. The van der Waals surface area contributed by atoms with Crippen LogP contribution in [0.5, 0.6) is 0 Å². The Labute approximate surface area is 111 Å². The van der Waals surface area contributed by atoms with Crippen LogP contribution < -0.4 is 9.83 Å². The first-order valence-corrected chi connectivity index (χ1v) is 6.46. The smallest absolute Gasteiger partial charge is 0.417 e. The van der Waals surface area contributed by atoms with Gasteiger partial charge in [-0.05, 0) is 18.2 Å². The quantitative estimate of drug-likeness (QED) is 0.870. The fourth-order valence-corrected chi connectivity index (χ4v) is 2.35. The molecule has 0 spiro atoms. The van der Waals surface area contributed by atoms with Crippen LogP contribution in [0.2, 0.25) is 5.02 Å². The van der Waals surface area contributed by atoms with Crippen molar-refractivity contribution >= 4 is 27.6 Å². The lowest BCUT2D eigenvalue weighted by Gasteiger charge is -2.12. The van der Waals surface area contributed by atoms with Gasteiger partial charge in [0.15, 0.2) is 0 Å². The topological polar surface area (TPSA) is 86.3 Å². The van der Waals surface area contributed by atoms with Crippen LogP contribution in [0.4, 0.5) is 13.2 Å². The summed E-state index contributed by atoms with van der Waals surface area (Å²) in [6.07, 6.45) is -4.82. The standard InChI is InChI=1S/C9H7ClF3NO4S/c10-7-2-1-5(3-6(7)9(11,12)13)19(17,18)14-4-8(15)16/h1-3,14H,4H2,(H,15,16)/p-1. The second-order valence-electron chi connectivity index (χ2n) is 3.34. The molecule has 0 aliphatic rings. The van der Waals surface area contributed by atoms with Gasteiger partial charge in [-0.2, -0.15) is 13.2 Å². The van der Waals surface area contributed by atoms with Gasteiger partial charge >= 0.3 is 6.18 Å². The van der Waals surface area contributed by atoms with Gasteiger partial charge in [0.2, 0.25) is 10.0 Å². The highest BCUT2D eigenvalue weighted by Crippen LogP contribution is 2.35. The molecule has 1 aromatic rings. The number of carbonyl (C=O) groups excluding carboxylic acids is 1. The molecule has 0 fully saturated rings. The summed E-state index contributed by atoms with van der Waals surface area (Å²) in [4.78, 5) is 9.37. The van der Waals surface area contributed by atoms with Gasteiger partial charge in [-0.15, -0.1) is 0 Å². The molecule has 0 atom stereocenters. The number of carbonyl (C=O) groups is 1. The minimum absolute atomic E-state index is 0.319. The fraction of sp³-hybridized carbons (Fsp3) is 0.222. The van der Waals surface area contributed by atoms with Crippen molar-refractivity contribution in [2.45, 2.75) is 11.1 Å². The van der Waals surface area contributed by atoms with Crippen LogP contribution in [0.25, 0.3) is 0 Å². The number of hydrogen-bond donors (Lipinski definition) is 1. The van der Waals surface area contributed by atoms with Crippen molar-refractivity contribution in [3.8, 4) is 0 Å². The number of carboxylic acids is 1. The van der Waals surface area contributed by atoms with E-state index >= 15 is 0 Å². The molecular formula is C9H6ClF3NO4S-. The minimum Gasteiger partial charge on any atom is -0.549 e. The Hall–Kier alpha value is -1.32. The molecule has 0 bridgehead atoms. The number of nitrogens with one attached hydrogen (secondary N) is 1. The summed E-state index contributed by atoms with van der Waals surface area (Å²) in [6, 6.07) is 1.91. The van der Waals surface area contributed by atoms with E-state index in [2.05, 4.69) is 0 Å². The lowest BCUT2D eigenvalue weighted by molar-refractivity contribution is -0.303. The normalized spacial score (nSPS) is 12.4. The molecule has 0 heterocycles. The average molecular weight is 317 g/mol. The molecule has 0 aliphatic carbocycles. The second-order valence-corrected chi connectivity index (χ2v) is 5.51. The van der Waals surface area contributed by atoms with Crippen molar-refractivity contribution in [1.29, 1.82) is 0 Å². The lowest BCUT2D eigenvalue weighted by Crippen LogP contribution is -2.37. The minimum atomic E-state index is -4.82. The third-order valence-corrected chi connectivity index (χ3v) is 3.69. The Morgan fingerprint density at radius 1 is 1.37 bits per heavy atom. The van der Waals surface area contributed by atoms with Gasteiger partial charge < -0.3 is 9.90 Å². The lowest BCUT2D eigenvalue weighted by atomic mass is 10.2. The molecule has 0 saturated heterocycles. The first kappa shape index (κ1) is 15.7. The van der Waals surface area contributed by atoms with Crippen LogP contribution in [0.1, 0.15) is 5.56 Å². The van der Waals surface area contributed by atoms with E-state index in [0.717, 1.165) is 12.1 Å². The maximum absolute atomic E-state index is 12.5. The molecule has 0 amide bonds. The largest absolute Gasteiger partial charge is 0.549 e. The van der Waals surface area contributed by atoms with Crippen LogP contribution in [-0.4, -0.2) is 20.9 Å². The van der Waals surface area contributed by atoms with E-state index in [9.17, 15) is 31.5 Å². The van der Waals surface area contributed by atoms with E-state index in [1.54, 1.807) is 4.72 Å². The van der Waals surface area contributed by atoms with Gasteiger partial charge in [0.25, 0.3) is 0 Å². The van der Waals surface area contributed by atoms with Gasteiger partial charge in [-0.25, -0.2) is 13.1 Å². The zero-order valence-electron chi connectivity index (χ0n) is 8.99. The zero-order valence-corrected chi connectivity index (χ0v) is 10.6. The number of rotatable bonds is 4. The molecule has 0 saturated carbocycles. The molecule has 1 aromatic carbocycles. The van der Waals surface area contributed by atoms with Crippen molar-refractivity contribution in [2.75, 3.05) is 6.54 Å². The molecule has 10 heteroatoms. The summed E-state index contributed by atoms with van der Waals surface area (Å²) in [5, 5.41) is 9.46. The van der Waals surface area contributed by atoms with Gasteiger partial charge in [-0.1, -0.05) is 11.6 Å². The monoisotopic (exact) mass is 316 g/mol. The first-order valence-electron chi connectivity index (χ1n) is 4.60. The van der Waals surface area contributed by atoms with Crippen LogP contribution in [-0.2, 0) is 21.0 Å². The maximum Gasteiger partial charge on any atom is 0.417 e. The van der Waals surface area contributed by atoms with Gasteiger partial charge in [-0.3, -0.25) is 0 Å². The van der Waals surface area contributed by atoms with E-state index in [0.29, 0.717) is 6.07 Å². The highest BCUT2D eigenvalue weighted by molar-refractivity contribution is 7.89. The molecular weight excluding hydrogens is 311 g/mol. The van der Waals surface area contributed by atoms with E-state index < -0.39 is 44.2 Å². The van der Waals surface area contributed by atoms with Crippen molar-refractivity contribution < 1.29 is 31.5 Å². The number of alkyl halides is 3. The number of sulfonamides is 1. The van der Waals surface area contributed by atoms with Crippen LogP contribution in [0.15, 0.2) is 23.1 Å². The highest BCUT2D eigenvalue weighted by Gasteiger charge is 2.34. The number of carboxylic acid groups (broad SMARTS) is 1. The maximum atomic E-state index is 12.5. The van der Waals surface area contributed by atoms with Gasteiger partial charge in [0.05, 0.1) is 28.0 Å². The summed E-state index contributed by atoms with van der Waals surface area (Å²) < 4.78 is 62.2. The van der Waals surface area contributed by atoms with E-state index in [4.69, 9.17) is 11.6 Å². The number of hydrogen-bond acceptors (Lipinski definition) is 4. The van der Waals surface area contributed by atoms with Crippen LogP contribution >= 0.6 is 11.6 Å².